The second-order valence-electron chi connectivity index (χ2n) is 7.46. The minimum Gasteiger partial charge on any atom is -0.476 e. The maximum absolute atomic E-state index is 13.2. The van der Waals surface area contributed by atoms with Crippen molar-refractivity contribution in [1.82, 2.24) is 9.13 Å². The first-order chi connectivity index (χ1) is 15.9. The molecule has 34 heavy (non-hydrogen) atoms. The Labute approximate surface area is 189 Å². The summed E-state index contributed by atoms with van der Waals surface area (Å²) < 4.78 is 83.9. The number of halogens is 3. The molecule has 2 aromatic rings. The normalized spacial score (nSPS) is 24.1. The van der Waals surface area contributed by atoms with E-state index in [4.69, 9.17) is 14.2 Å². The number of alkyl halides is 3. The van der Waals surface area contributed by atoms with E-state index in [1.165, 1.54) is 0 Å². The van der Waals surface area contributed by atoms with Crippen LogP contribution < -0.4 is 16.0 Å². The first kappa shape index (κ1) is 24.0. The first-order valence-electron chi connectivity index (χ1n) is 9.74. The van der Waals surface area contributed by atoms with Crippen LogP contribution in [0.4, 0.5) is 13.2 Å². The number of hydrogen-bond donors (Lipinski definition) is 0. The van der Waals surface area contributed by atoms with Gasteiger partial charge in [-0.15, -0.1) is 0 Å². The van der Waals surface area contributed by atoms with Gasteiger partial charge >= 0.3 is 27.3 Å². The van der Waals surface area contributed by atoms with Gasteiger partial charge in [0.2, 0.25) is 5.88 Å². The summed E-state index contributed by atoms with van der Waals surface area (Å²) >= 11 is 0. The van der Waals surface area contributed by atoms with Crippen LogP contribution in [0.2, 0.25) is 0 Å². The van der Waals surface area contributed by atoms with Crippen LogP contribution in [0.1, 0.15) is 18.7 Å². The summed E-state index contributed by atoms with van der Waals surface area (Å²) in [6.45, 7) is 0.186. The molecule has 11 nitrogen and oxygen atoms in total. The van der Waals surface area contributed by atoms with Crippen molar-refractivity contribution in [2.45, 2.75) is 43.5 Å². The minimum atomic E-state index is -6.11. The molecule has 0 aliphatic carbocycles. The van der Waals surface area contributed by atoms with E-state index in [1.807, 2.05) is 0 Å². The highest BCUT2D eigenvalue weighted by Crippen LogP contribution is 2.40. The van der Waals surface area contributed by atoms with Gasteiger partial charge in [0.25, 0.3) is 5.56 Å². The molecule has 0 amide bonds. The lowest BCUT2D eigenvalue weighted by Crippen LogP contribution is -2.48. The fourth-order valence-electron chi connectivity index (χ4n) is 3.68. The van der Waals surface area contributed by atoms with Crippen LogP contribution in [0, 0.1) is 0 Å². The average Bonchev–Trinajstić information content (AvgIpc) is 2.93. The predicted molar refractivity (Wildman–Crippen MR) is 105 cm³/mol. The smallest absolute Gasteiger partial charge is 0.476 e. The molecule has 1 saturated heterocycles. The maximum atomic E-state index is 13.2. The van der Waals surface area contributed by atoms with E-state index in [1.54, 1.807) is 30.3 Å². The molecule has 0 radical (unpaired) electrons. The number of aromatic nitrogens is 2. The Morgan fingerprint density at radius 3 is 2.47 bits per heavy atom. The second kappa shape index (κ2) is 8.56. The van der Waals surface area contributed by atoms with Gasteiger partial charge in [-0.25, -0.2) is 9.36 Å². The lowest BCUT2D eigenvalue weighted by atomic mass is 10.1. The van der Waals surface area contributed by atoms with Gasteiger partial charge in [-0.3, -0.25) is 18.3 Å². The summed E-state index contributed by atoms with van der Waals surface area (Å²) in [6.07, 6.45) is -6.86. The number of ether oxygens (including phenoxy) is 3. The van der Waals surface area contributed by atoms with E-state index in [-0.39, 0.29) is 12.4 Å². The summed E-state index contributed by atoms with van der Waals surface area (Å²) in [5.41, 5.74) is -6.87. The standard InChI is InChI=1S/C19H17F3N2O9S/c1-10(25)31-16-15(33-34(28,29)19(20,21)22)12-9-30-14-7-13(26)23(8-11-5-3-2-4-6-11)18(27)24(14)17(16)32-12/h2-7,12,15-17H,8-9H2,1H3/t12-,15-,16-,17-/m1/s1. The van der Waals surface area contributed by atoms with Gasteiger partial charge < -0.3 is 14.2 Å². The van der Waals surface area contributed by atoms with Gasteiger partial charge in [0, 0.05) is 6.92 Å². The molecular weight excluding hydrogens is 489 g/mol. The summed E-state index contributed by atoms with van der Waals surface area (Å²) in [6, 6.07) is 9.41. The van der Waals surface area contributed by atoms with Gasteiger partial charge in [0.15, 0.2) is 12.3 Å². The van der Waals surface area contributed by atoms with Crippen LogP contribution in [-0.4, -0.2) is 53.9 Å². The number of benzene rings is 1. The fraction of sp³-hybridized carbons (Fsp3) is 0.421. The Morgan fingerprint density at radius 1 is 1.18 bits per heavy atom. The quantitative estimate of drug-likeness (QED) is 0.323. The van der Waals surface area contributed by atoms with E-state index in [2.05, 4.69) is 4.18 Å². The van der Waals surface area contributed by atoms with Crippen LogP contribution in [0.5, 0.6) is 5.88 Å². The molecule has 1 fully saturated rings. The third-order valence-electron chi connectivity index (χ3n) is 5.13. The Morgan fingerprint density at radius 2 is 1.85 bits per heavy atom. The Bertz CT molecular complexity index is 1320. The molecule has 184 valence electrons. The zero-order valence-electron chi connectivity index (χ0n) is 17.3. The van der Waals surface area contributed by atoms with Gasteiger partial charge in [0.05, 0.1) is 12.6 Å². The van der Waals surface area contributed by atoms with Crippen molar-refractivity contribution < 1.29 is 44.8 Å². The van der Waals surface area contributed by atoms with Crippen LogP contribution in [0.25, 0.3) is 0 Å². The van der Waals surface area contributed by atoms with Crippen molar-refractivity contribution in [3.05, 3.63) is 62.8 Å². The minimum absolute atomic E-state index is 0.157. The van der Waals surface area contributed by atoms with Crippen molar-refractivity contribution in [3.8, 4) is 5.88 Å². The number of nitrogens with zero attached hydrogens (tertiary/aromatic N) is 2. The Balaban J connectivity index is 1.79. The molecule has 0 saturated carbocycles. The van der Waals surface area contributed by atoms with Crippen LogP contribution in [0.3, 0.4) is 0 Å². The van der Waals surface area contributed by atoms with Crippen molar-refractivity contribution >= 4 is 16.1 Å². The molecule has 2 aliphatic heterocycles. The van der Waals surface area contributed by atoms with Crippen LogP contribution in [0.15, 0.2) is 46.0 Å². The van der Waals surface area contributed by atoms with Gasteiger partial charge in [-0.05, 0) is 5.56 Å². The average molecular weight is 506 g/mol. The molecule has 1 aromatic heterocycles. The zero-order chi connectivity index (χ0) is 24.8. The molecule has 15 heteroatoms. The summed E-state index contributed by atoms with van der Waals surface area (Å²) in [5, 5.41) is 0. The SMILES string of the molecule is CC(=O)O[C@@H]1[C@H](OS(=O)(=O)C(F)(F)F)[C@H]2COc3cc(=O)n(Cc4ccccc4)c(=O)n3[C@@H]1O2. The highest BCUT2D eigenvalue weighted by atomic mass is 32.2. The third kappa shape index (κ3) is 4.33. The molecule has 0 N–H and O–H groups in total. The van der Waals surface area contributed by atoms with Crippen molar-refractivity contribution in [1.29, 1.82) is 0 Å². The number of carbonyl (C=O) groups excluding carboxylic acids is 1. The number of fused-ring (bicyclic) bond motifs is 4. The molecule has 3 heterocycles. The Hall–Kier alpha value is -3.17. The van der Waals surface area contributed by atoms with Gasteiger partial charge in [-0.2, -0.15) is 21.6 Å². The van der Waals surface area contributed by atoms with Crippen LogP contribution >= 0.6 is 0 Å². The summed E-state index contributed by atoms with van der Waals surface area (Å²) in [7, 11) is -6.11. The maximum Gasteiger partial charge on any atom is 0.523 e. The molecule has 0 unspecified atom stereocenters. The van der Waals surface area contributed by atoms with Crippen molar-refractivity contribution in [2.24, 2.45) is 0 Å². The second-order valence-corrected chi connectivity index (χ2v) is 9.02. The summed E-state index contributed by atoms with van der Waals surface area (Å²) in [4.78, 5) is 37.5. The monoisotopic (exact) mass is 506 g/mol. The predicted octanol–water partition coefficient (Wildman–Crippen LogP) is 0.515. The number of hydrogen-bond acceptors (Lipinski definition) is 9. The summed E-state index contributed by atoms with van der Waals surface area (Å²) in [5.74, 6) is -1.29. The van der Waals surface area contributed by atoms with E-state index < -0.39 is 64.0 Å². The molecule has 2 aliphatic rings. The molecule has 1 aromatic carbocycles. The molecule has 2 bridgehead atoms. The zero-order valence-corrected chi connectivity index (χ0v) is 18.1. The number of esters is 1. The molecule has 4 atom stereocenters. The van der Waals surface area contributed by atoms with E-state index in [9.17, 15) is 36.0 Å². The molecular formula is C19H17F3N2O9S. The lowest BCUT2D eigenvalue weighted by molar-refractivity contribution is -0.155. The van der Waals surface area contributed by atoms with Gasteiger partial charge in [-0.1, -0.05) is 30.3 Å². The van der Waals surface area contributed by atoms with E-state index in [0.717, 1.165) is 22.1 Å². The Kier molecular flexibility index (Phi) is 6.03. The van der Waals surface area contributed by atoms with E-state index >= 15 is 0 Å². The molecule has 0 spiro atoms. The molecule has 4 rings (SSSR count). The highest BCUT2D eigenvalue weighted by molar-refractivity contribution is 7.87. The van der Waals surface area contributed by atoms with E-state index in [0.29, 0.717) is 5.56 Å². The number of rotatable bonds is 5. The van der Waals surface area contributed by atoms with Crippen molar-refractivity contribution in [2.75, 3.05) is 6.61 Å². The first-order valence-corrected chi connectivity index (χ1v) is 11.2. The fourth-order valence-corrected chi connectivity index (χ4v) is 4.32. The largest absolute Gasteiger partial charge is 0.523 e. The van der Waals surface area contributed by atoms with Crippen LogP contribution in [-0.2, 0) is 35.1 Å². The van der Waals surface area contributed by atoms with Gasteiger partial charge in [0.1, 0.15) is 18.8 Å². The third-order valence-corrected chi connectivity index (χ3v) is 6.17. The highest BCUT2D eigenvalue weighted by Gasteiger charge is 2.57. The topological polar surface area (TPSA) is 132 Å². The number of carbonyl (C=O) groups is 1. The van der Waals surface area contributed by atoms with Crippen molar-refractivity contribution in [3.63, 3.8) is 0 Å². The lowest BCUT2D eigenvalue weighted by Gasteiger charge is -2.27.